The van der Waals surface area contributed by atoms with E-state index in [4.69, 9.17) is 4.74 Å². The summed E-state index contributed by atoms with van der Waals surface area (Å²) in [5.41, 5.74) is 1.24. The lowest BCUT2D eigenvalue weighted by molar-refractivity contribution is -0.123. The lowest BCUT2D eigenvalue weighted by atomic mass is 10.2. The molecule has 110 valence electrons. The molecule has 1 rings (SSSR count). The lowest BCUT2D eigenvalue weighted by Gasteiger charge is -2.08. The van der Waals surface area contributed by atoms with Gasteiger partial charge in [-0.25, -0.2) is 0 Å². The molecule has 5 heteroatoms. The maximum absolute atomic E-state index is 11.5. The molecule has 2 N–H and O–H groups in total. The molecule has 0 radical (unpaired) electrons. The van der Waals surface area contributed by atoms with Gasteiger partial charge in [0, 0.05) is 20.0 Å². The molecule has 0 heterocycles. The molecule has 0 fully saturated rings. The summed E-state index contributed by atoms with van der Waals surface area (Å²) >= 11 is 0. The van der Waals surface area contributed by atoms with E-state index in [1.165, 1.54) is 12.5 Å². The molecule has 1 aromatic rings. The summed E-state index contributed by atoms with van der Waals surface area (Å²) in [5.74, 6) is 0.471. The van der Waals surface area contributed by atoms with Crippen molar-refractivity contribution in [3.05, 3.63) is 29.8 Å². The third-order valence-electron chi connectivity index (χ3n) is 2.75. The number of ether oxygens (including phenoxy) is 1. The fourth-order valence-corrected chi connectivity index (χ4v) is 1.60. The topological polar surface area (TPSA) is 67.4 Å². The number of amides is 2. The summed E-state index contributed by atoms with van der Waals surface area (Å²) in [4.78, 5) is 22.1. The van der Waals surface area contributed by atoms with Crippen molar-refractivity contribution in [2.24, 2.45) is 0 Å². The smallest absolute Gasteiger partial charge is 0.257 e. The highest BCUT2D eigenvalue weighted by Gasteiger charge is 2.02. The number of hydrogen-bond acceptors (Lipinski definition) is 3. The van der Waals surface area contributed by atoms with E-state index in [-0.39, 0.29) is 18.4 Å². The lowest BCUT2D eigenvalue weighted by Crippen LogP contribution is -2.32. The molecule has 0 aromatic heterocycles. The SMILES string of the molecule is CCc1ccc(OCC(=O)NCCCNC(C)=O)cc1. The third-order valence-corrected chi connectivity index (χ3v) is 2.75. The normalized spacial score (nSPS) is 9.90. The number of aryl methyl sites for hydroxylation is 1. The van der Waals surface area contributed by atoms with Crippen LogP contribution in [0.15, 0.2) is 24.3 Å². The predicted octanol–water partition coefficient (Wildman–Crippen LogP) is 1.27. The fraction of sp³-hybridized carbons (Fsp3) is 0.467. The Morgan fingerprint density at radius 2 is 1.75 bits per heavy atom. The Morgan fingerprint density at radius 3 is 2.35 bits per heavy atom. The first-order valence-electron chi connectivity index (χ1n) is 6.84. The molecule has 0 bridgehead atoms. The maximum Gasteiger partial charge on any atom is 0.257 e. The molecular weight excluding hydrogens is 256 g/mol. The first-order valence-corrected chi connectivity index (χ1v) is 6.84. The summed E-state index contributed by atoms with van der Waals surface area (Å²) in [6, 6.07) is 7.70. The van der Waals surface area contributed by atoms with Gasteiger partial charge in [0.15, 0.2) is 6.61 Å². The molecule has 1 aromatic carbocycles. The van der Waals surface area contributed by atoms with Crippen molar-refractivity contribution >= 4 is 11.8 Å². The van der Waals surface area contributed by atoms with Crippen molar-refractivity contribution in [1.29, 1.82) is 0 Å². The average molecular weight is 278 g/mol. The largest absolute Gasteiger partial charge is 0.484 e. The van der Waals surface area contributed by atoms with Crippen LogP contribution in [0.25, 0.3) is 0 Å². The Hall–Kier alpha value is -2.04. The summed E-state index contributed by atoms with van der Waals surface area (Å²) in [7, 11) is 0. The Balaban J connectivity index is 2.14. The fourth-order valence-electron chi connectivity index (χ4n) is 1.60. The summed E-state index contributed by atoms with van der Waals surface area (Å²) < 4.78 is 5.38. The van der Waals surface area contributed by atoms with Crippen LogP contribution in [-0.4, -0.2) is 31.5 Å². The molecule has 5 nitrogen and oxygen atoms in total. The van der Waals surface area contributed by atoms with Crippen molar-refractivity contribution in [3.8, 4) is 5.75 Å². The standard InChI is InChI=1S/C15H22N2O3/c1-3-13-5-7-14(8-6-13)20-11-15(19)17-10-4-9-16-12(2)18/h5-8H,3-4,9-11H2,1-2H3,(H,16,18)(H,17,19). The third kappa shape index (κ3) is 6.78. The van der Waals surface area contributed by atoms with Crippen LogP contribution < -0.4 is 15.4 Å². The highest BCUT2D eigenvalue weighted by molar-refractivity contribution is 5.77. The average Bonchev–Trinajstić information content (AvgIpc) is 2.45. The van der Waals surface area contributed by atoms with Crippen molar-refractivity contribution in [2.75, 3.05) is 19.7 Å². The van der Waals surface area contributed by atoms with Crippen LogP contribution >= 0.6 is 0 Å². The number of carbonyl (C=O) groups excluding carboxylic acids is 2. The van der Waals surface area contributed by atoms with Gasteiger partial charge in [-0.2, -0.15) is 0 Å². The van der Waals surface area contributed by atoms with E-state index in [2.05, 4.69) is 17.6 Å². The number of benzene rings is 1. The van der Waals surface area contributed by atoms with Crippen LogP contribution in [0.3, 0.4) is 0 Å². The number of nitrogens with one attached hydrogen (secondary N) is 2. The zero-order valence-electron chi connectivity index (χ0n) is 12.1. The van der Waals surface area contributed by atoms with Gasteiger partial charge in [0.2, 0.25) is 5.91 Å². The quantitative estimate of drug-likeness (QED) is 0.704. The molecule has 0 aliphatic rings. The van der Waals surface area contributed by atoms with E-state index in [0.717, 1.165) is 6.42 Å². The second-order valence-electron chi connectivity index (χ2n) is 4.47. The van der Waals surface area contributed by atoms with Gasteiger partial charge < -0.3 is 15.4 Å². The van der Waals surface area contributed by atoms with Gasteiger partial charge in [-0.15, -0.1) is 0 Å². The van der Waals surface area contributed by atoms with Crippen LogP contribution in [0.5, 0.6) is 5.75 Å². The summed E-state index contributed by atoms with van der Waals surface area (Å²) in [6.07, 6.45) is 1.69. The maximum atomic E-state index is 11.5. The van der Waals surface area contributed by atoms with Crippen LogP contribution in [0.4, 0.5) is 0 Å². The molecule has 0 atom stereocenters. The van der Waals surface area contributed by atoms with Gasteiger partial charge in [0.05, 0.1) is 0 Å². The van der Waals surface area contributed by atoms with Crippen molar-refractivity contribution < 1.29 is 14.3 Å². The van der Waals surface area contributed by atoms with Crippen LogP contribution in [-0.2, 0) is 16.0 Å². The summed E-state index contributed by atoms with van der Waals surface area (Å²) in [5, 5.41) is 5.40. The predicted molar refractivity (Wildman–Crippen MR) is 77.6 cm³/mol. The number of hydrogen-bond donors (Lipinski definition) is 2. The minimum absolute atomic E-state index is 0.00556. The van der Waals surface area contributed by atoms with Crippen molar-refractivity contribution in [3.63, 3.8) is 0 Å². The van der Waals surface area contributed by atoms with Gasteiger partial charge in [0.25, 0.3) is 5.91 Å². The van der Waals surface area contributed by atoms with E-state index < -0.39 is 0 Å². The van der Waals surface area contributed by atoms with E-state index in [0.29, 0.717) is 25.3 Å². The molecule has 0 saturated heterocycles. The van der Waals surface area contributed by atoms with Crippen LogP contribution in [0.1, 0.15) is 25.8 Å². The van der Waals surface area contributed by atoms with Gasteiger partial charge in [0.1, 0.15) is 5.75 Å². The highest BCUT2D eigenvalue weighted by atomic mass is 16.5. The first-order chi connectivity index (χ1) is 9.61. The zero-order valence-corrected chi connectivity index (χ0v) is 12.1. The van der Waals surface area contributed by atoms with E-state index in [1.54, 1.807) is 0 Å². The molecule has 2 amide bonds. The molecule has 0 aliphatic heterocycles. The second-order valence-corrected chi connectivity index (χ2v) is 4.47. The zero-order chi connectivity index (χ0) is 14.8. The highest BCUT2D eigenvalue weighted by Crippen LogP contribution is 2.12. The molecule has 0 spiro atoms. The Bertz CT molecular complexity index is 429. The van der Waals surface area contributed by atoms with Crippen molar-refractivity contribution in [2.45, 2.75) is 26.7 Å². The minimum Gasteiger partial charge on any atom is -0.484 e. The van der Waals surface area contributed by atoms with Crippen LogP contribution in [0.2, 0.25) is 0 Å². The summed E-state index contributed by atoms with van der Waals surface area (Å²) in [6.45, 7) is 4.65. The van der Waals surface area contributed by atoms with Crippen LogP contribution in [0, 0.1) is 0 Å². The van der Waals surface area contributed by atoms with Gasteiger partial charge >= 0.3 is 0 Å². The Labute approximate surface area is 119 Å². The molecule has 0 unspecified atom stereocenters. The molecular formula is C15H22N2O3. The minimum atomic E-state index is -0.160. The molecule has 20 heavy (non-hydrogen) atoms. The van der Waals surface area contributed by atoms with Crippen molar-refractivity contribution in [1.82, 2.24) is 10.6 Å². The Kier molecular flexibility index (Phi) is 7.17. The molecule has 0 saturated carbocycles. The number of rotatable bonds is 8. The second kappa shape index (κ2) is 8.96. The van der Waals surface area contributed by atoms with E-state index >= 15 is 0 Å². The number of carbonyl (C=O) groups is 2. The first kappa shape index (κ1) is 16.0. The van der Waals surface area contributed by atoms with E-state index in [1.807, 2.05) is 24.3 Å². The molecule has 0 aliphatic carbocycles. The monoisotopic (exact) mass is 278 g/mol. The van der Waals surface area contributed by atoms with E-state index in [9.17, 15) is 9.59 Å². The van der Waals surface area contributed by atoms with Gasteiger partial charge in [-0.05, 0) is 30.5 Å². The van der Waals surface area contributed by atoms with Gasteiger partial charge in [-0.1, -0.05) is 19.1 Å². The Morgan fingerprint density at radius 1 is 1.10 bits per heavy atom. The van der Waals surface area contributed by atoms with Gasteiger partial charge in [-0.3, -0.25) is 9.59 Å².